The quantitative estimate of drug-likeness (QED) is 0.491. The highest BCUT2D eigenvalue weighted by molar-refractivity contribution is 6.13. The number of halogens is 2. The molecule has 3 aromatic carbocycles. The van der Waals surface area contributed by atoms with Crippen LogP contribution in [0.2, 0.25) is 0 Å². The van der Waals surface area contributed by atoms with Gasteiger partial charge < -0.3 is 0 Å². The number of hydrogen-bond acceptors (Lipinski definition) is 1. The third-order valence-electron chi connectivity index (χ3n) is 4.98. The average Bonchev–Trinajstić information content (AvgIpc) is 3.50. The Morgan fingerprint density at radius 3 is 1.65 bits per heavy atom. The third-order valence-corrected chi connectivity index (χ3v) is 4.98. The molecule has 1 aliphatic carbocycles. The summed E-state index contributed by atoms with van der Waals surface area (Å²) in [6, 6.07) is 27.2. The Bertz CT molecular complexity index is 854. The van der Waals surface area contributed by atoms with Crippen LogP contribution in [0, 0.1) is 0 Å². The van der Waals surface area contributed by atoms with Gasteiger partial charge in [0.1, 0.15) is 0 Å². The molecule has 0 bridgehead atoms. The second-order valence-electron chi connectivity index (χ2n) is 6.70. The molecule has 0 unspecified atom stereocenters. The van der Waals surface area contributed by atoms with Gasteiger partial charge in [-0.15, -0.1) is 0 Å². The maximum absolute atomic E-state index is 13.3. The molecule has 0 aliphatic heterocycles. The van der Waals surface area contributed by atoms with E-state index in [1.54, 1.807) is 12.1 Å². The van der Waals surface area contributed by atoms with Crippen LogP contribution in [0.25, 0.3) is 0 Å². The molecule has 0 spiro atoms. The first kappa shape index (κ1) is 16.6. The van der Waals surface area contributed by atoms with Crippen LogP contribution in [-0.2, 0) is 5.41 Å². The van der Waals surface area contributed by atoms with Gasteiger partial charge in [0.05, 0.1) is 16.8 Å². The highest BCUT2D eigenvalue weighted by Gasteiger charge is 2.52. The van der Waals surface area contributed by atoms with Crippen LogP contribution < -0.4 is 0 Å². The van der Waals surface area contributed by atoms with Gasteiger partial charge in [0.15, 0.2) is 0 Å². The van der Waals surface area contributed by atoms with Gasteiger partial charge in [-0.05, 0) is 30.5 Å². The molecule has 0 N–H and O–H groups in total. The summed E-state index contributed by atoms with van der Waals surface area (Å²) in [5.74, 6) is 0. The molecule has 3 heteroatoms. The fourth-order valence-electron chi connectivity index (χ4n) is 3.25. The van der Waals surface area contributed by atoms with Gasteiger partial charge in [-0.1, -0.05) is 72.8 Å². The van der Waals surface area contributed by atoms with E-state index in [1.165, 1.54) is 0 Å². The second kappa shape index (κ2) is 6.83. The zero-order valence-corrected chi connectivity index (χ0v) is 14.3. The van der Waals surface area contributed by atoms with E-state index in [-0.39, 0.29) is 0 Å². The Hall–Kier alpha value is -2.81. The summed E-state index contributed by atoms with van der Waals surface area (Å²) in [7, 11) is 0. The molecule has 1 aliphatic rings. The van der Waals surface area contributed by atoms with Gasteiger partial charge in [0, 0.05) is 11.1 Å². The van der Waals surface area contributed by atoms with Crippen molar-refractivity contribution in [1.82, 2.24) is 0 Å². The van der Waals surface area contributed by atoms with Gasteiger partial charge >= 0.3 is 0 Å². The first-order chi connectivity index (χ1) is 12.7. The van der Waals surface area contributed by atoms with Crippen LogP contribution in [0.4, 0.5) is 14.5 Å². The summed E-state index contributed by atoms with van der Waals surface area (Å²) in [5, 5.41) is 0. The Kier molecular flexibility index (Phi) is 4.37. The first-order valence-corrected chi connectivity index (χ1v) is 8.77. The standard InChI is InChI=1S/C23H19F2N/c24-22(25)23(15-16-23)19-11-13-20(14-12-19)26-21(17-7-3-1-4-8-17)18-9-5-2-6-10-18/h1-14,22H,15-16H2. The van der Waals surface area contributed by atoms with Gasteiger partial charge in [0.25, 0.3) is 0 Å². The number of alkyl halides is 2. The van der Waals surface area contributed by atoms with Crippen LogP contribution in [0.5, 0.6) is 0 Å². The van der Waals surface area contributed by atoms with Crippen LogP contribution in [0.1, 0.15) is 29.5 Å². The summed E-state index contributed by atoms with van der Waals surface area (Å²) in [6.07, 6.45) is -1.18. The molecule has 0 atom stereocenters. The highest BCUT2D eigenvalue weighted by Crippen LogP contribution is 2.52. The lowest BCUT2D eigenvalue weighted by Gasteiger charge is -2.14. The Morgan fingerprint density at radius 2 is 1.23 bits per heavy atom. The van der Waals surface area contributed by atoms with Gasteiger partial charge in [0.2, 0.25) is 6.43 Å². The second-order valence-corrected chi connectivity index (χ2v) is 6.70. The molecule has 130 valence electrons. The number of rotatable bonds is 5. The molecule has 0 aromatic heterocycles. The molecular weight excluding hydrogens is 328 g/mol. The van der Waals surface area contributed by atoms with Crippen LogP contribution in [-0.4, -0.2) is 12.1 Å². The summed E-state index contributed by atoms with van der Waals surface area (Å²) >= 11 is 0. The molecule has 3 aromatic rings. The minimum atomic E-state index is -2.30. The summed E-state index contributed by atoms with van der Waals surface area (Å²) < 4.78 is 26.6. The molecule has 26 heavy (non-hydrogen) atoms. The summed E-state index contributed by atoms with van der Waals surface area (Å²) in [5.41, 5.74) is 3.47. The lowest BCUT2D eigenvalue weighted by molar-refractivity contribution is 0.102. The fraction of sp³-hybridized carbons (Fsp3) is 0.174. The smallest absolute Gasteiger partial charge is 0.248 e. The van der Waals surface area contributed by atoms with E-state index in [9.17, 15) is 8.78 Å². The topological polar surface area (TPSA) is 12.4 Å². The Labute approximate surface area is 152 Å². The lowest BCUT2D eigenvalue weighted by atomic mass is 9.96. The SMILES string of the molecule is FC(F)C1(c2ccc(N=C(c3ccccc3)c3ccccc3)cc2)CC1. The molecule has 1 nitrogen and oxygen atoms in total. The minimum absolute atomic E-state index is 0.562. The van der Waals surface area contributed by atoms with E-state index >= 15 is 0 Å². The lowest BCUT2D eigenvalue weighted by Crippen LogP contribution is -2.16. The number of aliphatic imine (C=N–C) groups is 1. The monoisotopic (exact) mass is 347 g/mol. The fourth-order valence-corrected chi connectivity index (χ4v) is 3.25. The maximum atomic E-state index is 13.3. The normalized spacial score (nSPS) is 14.9. The molecule has 0 radical (unpaired) electrons. The zero-order valence-electron chi connectivity index (χ0n) is 14.3. The van der Waals surface area contributed by atoms with E-state index in [0.29, 0.717) is 18.4 Å². The van der Waals surface area contributed by atoms with Crippen LogP contribution >= 0.6 is 0 Å². The predicted octanol–water partition coefficient (Wildman–Crippen LogP) is 6.15. The van der Waals surface area contributed by atoms with Crippen LogP contribution in [0.3, 0.4) is 0 Å². The van der Waals surface area contributed by atoms with Crippen molar-refractivity contribution in [2.45, 2.75) is 24.7 Å². The van der Waals surface area contributed by atoms with E-state index in [0.717, 1.165) is 22.5 Å². The van der Waals surface area contributed by atoms with E-state index in [2.05, 4.69) is 0 Å². The van der Waals surface area contributed by atoms with Crippen molar-refractivity contribution in [3.63, 3.8) is 0 Å². The largest absolute Gasteiger partial charge is 0.248 e. The van der Waals surface area contributed by atoms with Crippen molar-refractivity contribution in [2.75, 3.05) is 0 Å². The zero-order chi connectivity index (χ0) is 18.0. The van der Waals surface area contributed by atoms with E-state index in [4.69, 9.17) is 4.99 Å². The maximum Gasteiger partial charge on any atom is 0.248 e. The van der Waals surface area contributed by atoms with E-state index < -0.39 is 11.8 Å². The van der Waals surface area contributed by atoms with Crippen LogP contribution in [0.15, 0.2) is 89.9 Å². The Morgan fingerprint density at radius 1 is 0.731 bits per heavy atom. The van der Waals surface area contributed by atoms with Crippen molar-refractivity contribution in [3.05, 3.63) is 102 Å². The summed E-state index contributed by atoms with van der Waals surface area (Å²) in [6.45, 7) is 0. The molecule has 0 heterocycles. The first-order valence-electron chi connectivity index (χ1n) is 8.77. The Balaban J connectivity index is 1.71. The molecule has 0 amide bonds. The number of benzene rings is 3. The minimum Gasteiger partial charge on any atom is -0.248 e. The number of nitrogens with zero attached hydrogens (tertiary/aromatic N) is 1. The average molecular weight is 347 g/mol. The summed E-state index contributed by atoms with van der Waals surface area (Å²) in [4.78, 5) is 4.82. The molecule has 0 saturated heterocycles. The van der Waals surface area contributed by atoms with Crippen molar-refractivity contribution < 1.29 is 8.78 Å². The molecule has 1 fully saturated rings. The van der Waals surface area contributed by atoms with Crippen molar-refractivity contribution in [2.24, 2.45) is 4.99 Å². The third kappa shape index (κ3) is 3.17. The van der Waals surface area contributed by atoms with E-state index in [1.807, 2.05) is 72.8 Å². The van der Waals surface area contributed by atoms with Gasteiger partial charge in [-0.3, -0.25) is 0 Å². The van der Waals surface area contributed by atoms with Crippen molar-refractivity contribution in [3.8, 4) is 0 Å². The van der Waals surface area contributed by atoms with Crippen molar-refractivity contribution >= 4 is 11.4 Å². The predicted molar refractivity (Wildman–Crippen MR) is 102 cm³/mol. The molecular formula is C23H19F2N. The van der Waals surface area contributed by atoms with Crippen molar-refractivity contribution in [1.29, 1.82) is 0 Å². The van der Waals surface area contributed by atoms with Gasteiger partial charge in [-0.25, -0.2) is 13.8 Å². The number of hydrogen-bond donors (Lipinski definition) is 0. The van der Waals surface area contributed by atoms with Gasteiger partial charge in [-0.2, -0.15) is 0 Å². The molecule has 4 rings (SSSR count). The molecule has 1 saturated carbocycles. The highest BCUT2D eigenvalue weighted by atomic mass is 19.3.